The lowest BCUT2D eigenvalue weighted by Gasteiger charge is -2.24. The van der Waals surface area contributed by atoms with E-state index in [4.69, 9.17) is 10.5 Å². The van der Waals surface area contributed by atoms with Crippen LogP contribution in [0, 0.1) is 0 Å². The number of methoxy groups -OCH3 is 1. The second-order valence-electron chi connectivity index (χ2n) is 5.87. The Morgan fingerprint density at radius 3 is 2.44 bits per heavy atom. The summed E-state index contributed by atoms with van der Waals surface area (Å²) in [5.74, 6) is 0.811. The highest BCUT2D eigenvalue weighted by atomic mass is 16.5. The largest absolute Gasteiger partial charge is 0.497 e. The van der Waals surface area contributed by atoms with Crippen molar-refractivity contribution in [2.45, 2.75) is 19.4 Å². The maximum absolute atomic E-state index is 12.6. The van der Waals surface area contributed by atoms with Crippen LogP contribution in [0.2, 0.25) is 0 Å². The first-order valence-electron chi connectivity index (χ1n) is 8.60. The number of nitrogens with two attached hydrogens (primary N) is 1. The third-order valence-corrected chi connectivity index (χ3v) is 4.11. The van der Waals surface area contributed by atoms with Gasteiger partial charge in [-0.1, -0.05) is 30.3 Å². The fourth-order valence-corrected chi connectivity index (χ4v) is 2.66. The zero-order valence-corrected chi connectivity index (χ0v) is 14.9. The molecule has 0 heterocycles. The molecular formula is C20H27N3O2. The van der Waals surface area contributed by atoms with Crippen molar-refractivity contribution in [1.29, 1.82) is 0 Å². The van der Waals surface area contributed by atoms with E-state index in [1.54, 1.807) is 12.0 Å². The zero-order chi connectivity index (χ0) is 18.1. The molecule has 0 saturated carbocycles. The Balaban J connectivity index is 1.82. The summed E-state index contributed by atoms with van der Waals surface area (Å²) in [5, 5.41) is 3.31. The van der Waals surface area contributed by atoms with Gasteiger partial charge in [0.2, 0.25) is 5.91 Å². The molecule has 2 aromatic rings. The van der Waals surface area contributed by atoms with Crippen LogP contribution >= 0.6 is 0 Å². The van der Waals surface area contributed by atoms with Crippen LogP contribution in [0.4, 0.5) is 5.69 Å². The molecule has 3 N–H and O–H groups in total. The van der Waals surface area contributed by atoms with Crippen LogP contribution < -0.4 is 15.8 Å². The molecule has 0 radical (unpaired) electrons. The third kappa shape index (κ3) is 5.80. The number of ether oxygens (including phenoxy) is 1. The first-order chi connectivity index (χ1) is 12.1. The monoisotopic (exact) mass is 341 g/mol. The first kappa shape index (κ1) is 18.8. The number of hydrogen-bond acceptors (Lipinski definition) is 4. The van der Waals surface area contributed by atoms with E-state index in [1.807, 2.05) is 61.5 Å². The van der Waals surface area contributed by atoms with Gasteiger partial charge in [-0.05, 0) is 43.2 Å². The number of nitrogens with zero attached hydrogens (tertiary/aromatic N) is 1. The number of rotatable bonds is 9. The highest BCUT2D eigenvalue weighted by Gasteiger charge is 2.19. The molecule has 0 spiro atoms. The van der Waals surface area contributed by atoms with Crippen LogP contribution in [0.5, 0.6) is 5.75 Å². The van der Waals surface area contributed by atoms with Gasteiger partial charge in [-0.2, -0.15) is 0 Å². The van der Waals surface area contributed by atoms with E-state index in [-0.39, 0.29) is 5.91 Å². The van der Waals surface area contributed by atoms with E-state index < -0.39 is 6.04 Å². The Morgan fingerprint density at radius 2 is 1.84 bits per heavy atom. The summed E-state index contributed by atoms with van der Waals surface area (Å²) >= 11 is 0. The van der Waals surface area contributed by atoms with Crippen molar-refractivity contribution in [2.24, 2.45) is 5.73 Å². The molecule has 0 aliphatic heterocycles. The van der Waals surface area contributed by atoms with Crippen molar-refractivity contribution in [3.63, 3.8) is 0 Å². The lowest BCUT2D eigenvalue weighted by atomic mass is 10.1. The second kappa shape index (κ2) is 9.69. The number of nitrogens with one attached hydrogen (secondary N) is 1. The van der Waals surface area contributed by atoms with E-state index >= 15 is 0 Å². The molecule has 0 saturated heterocycles. The summed E-state index contributed by atoms with van der Waals surface area (Å²) in [5.41, 5.74) is 8.19. The van der Waals surface area contributed by atoms with Crippen molar-refractivity contribution in [3.05, 3.63) is 60.2 Å². The highest BCUT2D eigenvalue weighted by molar-refractivity contribution is 5.82. The van der Waals surface area contributed by atoms with Crippen molar-refractivity contribution in [1.82, 2.24) is 4.90 Å². The number of carbonyl (C=O) groups is 1. The molecule has 0 aromatic heterocycles. The van der Waals surface area contributed by atoms with Gasteiger partial charge in [-0.3, -0.25) is 4.79 Å². The van der Waals surface area contributed by atoms with Crippen molar-refractivity contribution in [3.8, 4) is 5.75 Å². The second-order valence-corrected chi connectivity index (χ2v) is 5.87. The average Bonchev–Trinajstić information content (AvgIpc) is 2.66. The minimum Gasteiger partial charge on any atom is -0.497 e. The molecule has 1 amide bonds. The lowest BCUT2D eigenvalue weighted by molar-refractivity contribution is -0.132. The van der Waals surface area contributed by atoms with Crippen molar-refractivity contribution >= 4 is 11.6 Å². The Morgan fingerprint density at radius 1 is 1.16 bits per heavy atom. The molecule has 0 bridgehead atoms. The molecule has 1 atom stereocenters. The molecule has 134 valence electrons. The quantitative estimate of drug-likeness (QED) is 0.735. The van der Waals surface area contributed by atoms with Gasteiger partial charge in [0.1, 0.15) is 5.75 Å². The van der Waals surface area contributed by atoms with Gasteiger partial charge in [0, 0.05) is 25.3 Å². The standard InChI is InChI=1S/C20H27N3O2/c1-3-23(14-13-22-17-9-11-18(25-2)12-10-17)20(24)19(21)15-16-7-5-4-6-8-16/h4-12,19,22H,3,13-15,21H2,1-2H3/t19-/m0/s1. The Labute approximate surface area is 149 Å². The number of likely N-dealkylation sites (N-methyl/N-ethyl adjacent to an activating group) is 1. The van der Waals surface area contributed by atoms with Crippen LogP contribution in [0.3, 0.4) is 0 Å². The van der Waals surface area contributed by atoms with Crippen LogP contribution in [0.1, 0.15) is 12.5 Å². The highest BCUT2D eigenvalue weighted by Crippen LogP contribution is 2.14. The summed E-state index contributed by atoms with van der Waals surface area (Å²) in [6, 6.07) is 17.1. The first-order valence-corrected chi connectivity index (χ1v) is 8.60. The Bertz CT molecular complexity index is 644. The molecular weight excluding hydrogens is 314 g/mol. The topological polar surface area (TPSA) is 67.6 Å². The van der Waals surface area contributed by atoms with E-state index in [2.05, 4.69) is 5.32 Å². The summed E-state index contributed by atoms with van der Waals surface area (Å²) in [7, 11) is 1.64. The summed E-state index contributed by atoms with van der Waals surface area (Å²) in [6.45, 7) is 3.90. The van der Waals surface area contributed by atoms with Crippen molar-refractivity contribution < 1.29 is 9.53 Å². The number of carbonyl (C=O) groups excluding carboxylic acids is 1. The number of hydrogen-bond donors (Lipinski definition) is 2. The average molecular weight is 341 g/mol. The minimum atomic E-state index is -0.511. The number of amides is 1. The third-order valence-electron chi connectivity index (χ3n) is 4.11. The summed E-state index contributed by atoms with van der Waals surface area (Å²) < 4.78 is 5.14. The fraction of sp³-hybridized carbons (Fsp3) is 0.350. The number of anilines is 1. The van der Waals surface area contributed by atoms with E-state index in [1.165, 1.54) is 0 Å². The fourth-order valence-electron chi connectivity index (χ4n) is 2.66. The molecule has 5 heteroatoms. The van der Waals surface area contributed by atoms with Crippen LogP contribution in [-0.4, -0.2) is 43.6 Å². The summed E-state index contributed by atoms with van der Waals surface area (Å²) in [6.07, 6.45) is 0.558. The van der Waals surface area contributed by atoms with E-state index in [0.717, 1.165) is 17.0 Å². The van der Waals surface area contributed by atoms with E-state index in [9.17, 15) is 4.79 Å². The molecule has 5 nitrogen and oxygen atoms in total. The predicted molar refractivity (Wildman–Crippen MR) is 102 cm³/mol. The normalized spacial score (nSPS) is 11.6. The molecule has 2 rings (SSSR count). The van der Waals surface area contributed by atoms with Gasteiger partial charge in [-0.25, -0.2) is 0 Å². The Kier molecular flexibility index (Phi) is 7.29. The van der Waals surface area contributed by atoms with Crippen molar-refractivity contribution in [2.75, 3.05) is 32.1 Å². The lowest BCUT2D eigenvalue weighted by Crippen LogP contribution is -2.46. The van der Waals surface area contributed by atoms with Gasteiger partial charge in [-0.15, -0.1) is 0 Å². The molecule has 0 aliphatic carbocycles. The van der Waals surface area contributed by atoms with Crippen LogP contribution in [-0.2, 0) is 11.2 Å². The molecule has 0 fully saturated rings. The van der Waals surface area contributed by atoms with Gasteiger partial charge in [0.25, 0.3) is 0 Å². The van der Waals surface area contributed by atoms with Crippen LogP contribution in [0.25, 0.3) is 0 Å². The van der Waals surface area contributed by atoms with Gasteiger partial charge in [0.15, 0.2) is 0 Å². The zero-order valence-electron chi connectivity index (χ0n) is 14.9. The predicted octanol–water partition coefficient (Wildman–Crippen LogP) is 2.53. The molecule has 2 aromatic carbocycles. The summed E-state index contributed by atoms with van der Waals surface area (Å²) in [4.78, 5) is 14.4. The maximum atomic E-state index is 12.6. The number of benzene rings is 2. The smallest absolute Gasteiger partial charge is 0.239 e. The minimum absolute atomic E-state index is 0.0112. The van der Waals surface area contributed by atoms with Gasteiger partial charge < -0.3 is 20.7 Å². The maximum Gasteiger partial charge on any atom is 0.239 e. The van der Waals surface area contributed by atoms with Crippen LogP contribution in [0.15, 0.2) is 54.6 Å². The van der Waals surface area contributed by atoms with Gasteiger partial charge >= 0.3 is 0 Å². The molecule has 0 aliphatic rings. The van der Waals surface area contributed by atoms with E-state index in [0.29, 0.717) is 26.1 Å². The SMILES string of the molecule is CCN(CCNc1ccc(OC)cc1)C(=O)[C@@H](N)Cc1ccccc1. The van der Waals surface area contributed by atoms with Gasteiger partial charge in [0.05, 0.1) is 13.2 Å². The molecule has 25 heavy (non-hydrogen) atoms. The Hall–Kier alpha value is -2.53. The molecule has 0 unspecified atom stereocenters.